The minimum atomic E-state index is -0.643. The predicted molar refractivity (Wildman–Crippen MR) is 77.5 cm³/mol. The van der Waals surface area contributed by atoms with Crippen molar-refractivity contribution in [3.63, 3.8) is 0 Å². The lowest BCUT2D eigenvalue weighted by Gasteiger charge is -2.21. The van der Waals surface area contributed by atoms with Crippen molar-refractivity contribution >= 4 is 29.9 Å². The first-order valence-corrected chi connectivity index (χ1v) is 5.95. The number of rotatable bonds is 4. The number of carbonyl (C=O) groups is 2. The highest BCUT2D eigenvalue weighted by Gasteiger charge is 2.17. The van der Waals surface area contributed by atoms with Crippen LogP contribution in [0.1, 0.15) is 5.56 Å². The van der Waals surface area contributed by atoms with E-state index in [4.69, 9.17) is 5.73 Å². The van der Waals surface area contributed by atoms with Gasteiger partial charge in [-0.2, -0.15) is 0 Å². The molecule has 2 amide bonds. The minimum Gasteiger partial charge on any atom is -0.351 e. The second kappa shape index (κ2) is 6.29. The number of benzene rings is 1. The fourth-order valence-corrected chi connectivity index (χ4v) is 1.82. The zero-order chi connectivity index (χ0) is 14.4. The number of primary amides is 1. The molecule has 2 aromatic rings. The number of nitrogens with two attached hydrogens (primary N) is 1. The summed E-state index contributed by atoms with van der Waals surface area (Å²) < 4.78 is 0. The SMILES string of the molecule is NC(=O)N(c1ccccn1)c1ccccc1/C=C/C=O. The van der Waals surface area contributed by atoms with Crippen molar-refractivity contribution in [3.05, 3.63) is 60.3 Å². The van der Waals surface area contributed by atoms with Gasteiger partial charge in [-0.1, -0.05) is 24.3 Å². The third-order valence-corrected chi connectivity index (χ3v) is 2.63. The van der Waals surface area contributed by atoms with Crippen LogP contribution < -0.4 is 10.6 Å². The maximum absolute atomic E-state index is 11.7. The average Bonchev–Trinajstić information content (AvgIpc) is 2.47. The van der Waals surface area contributed by atoms with Crippen molar-refractivity contribution in [1.82, 2.24) is 4.98 Å². The topological polar surface area (TPSA) is 76.3 Å². The third-order valence-electron chi connectivity index (χ3n) is 2.63. The second-order valence-electron chi connectivity index (χ2n) is 3.92. The average molecular weight is 267 g/mol. The Morgan fingerprint density at radius 2 is 1.90 bits per heavy atom. The number of allylic oxidation sites excluding steroid dienone is 1. The lowest BCUT2D eigenvalue weighted by Crippen LogP contribution is -2.32. The summed E-state index contributed by atoms with van der Waals surface area (Å²) in [4.78, 5) is 27.6. The zero-order valence-electron chi connectivity index (χ0n) is 10.6. The van der Waals surface area contributed by atoms with Gasteiger partial charge in [0.1, 0.15) is 12.1 Å². The Morgan fingerprint density at radius 1 is 1.15 bits per heavy atom. The molecule has 0 saturated heterocycles. The summed E-state index contributed by atoms with van der Waals surface area (Å²) in [6, 6.07) is 11.7. The van der Waals surface area contributed by atoms with Crippen molar-refractivity contribution in [2.45, 2.75) is 0 Å². The monoisotopic (exact) mass is 267 g/mol. The first kappa shape index (κ1) is 13.5. The number of aromatic nitrogens is 1. The lowest BCUT2D eigenvalue weighted by molar-refractivity contribution is -0.104. The van der Waals surface area contributed by atoms with Crippen molar-refractivity contribution in [2.75, 3.05) is 4.90 Å². The van der Waals surface area contributed by atoms with Gasteiger partial charge in [-0.05, 0) is 35.9 Å². The highest BCUT2D eigenvalue weighted by molar-refractivity contribution is 5.99. The number of hydrogen-bond acceptors (Lipinski definition) is 3. The van der Waals surface area contributed by atoms with E-state index in [0.29, 0.717) is 23.4 Å². The Bertz CT molecular complexity index is 639. The van der Waals surface area contributed by atoms with Crippen LogP contribution in [-0.4, -0.2) is 17.3 Å². The number of urea groups is 1. The molecule has 0 aliphatic carbocycles. The van der Waals surface area contributed by atoms with E-state index >= 15 is 0 Å². The smallest absolute Gasteiger partial charge is 0.325 e. The van der Waals surface area contributed by atoms with Crippen LogP contribution in [-0.2, 0) is 4.79 Å². The van der Waals surface area contributed by atoms with Gasteiger partial charge in [-0.15, -0.1) is 0 Å². The van der Waals surface area contributed by atoms with E-state index < -0.39 is 6.03 Å². The van der Waals surface area contributed by atoms with Gasteiger partial charge in [0.2, 0.25) is 0 Å². The van der Waals surface area contributed by atoms with E-state index in [9.17, 15) is 9.59 Å². The summed E-state index contributed by atoms with van der Waals surface area (Å²) in [5.41, 5.74) is 6.72. The highest BCUT2D eigenvalue weighted by Crippen LogP contribution is 2.27. The van der Waals surface area contributed by atoms with E-state index in [-0.39, 0.29) is 0 Å². The van der Waals surface area contributed by atoms with Gasteiger partial charge in [0.05, 0.1) is 5.69 Å². The number of hydrogen-bond donors (Lipinski definition) is 1. The summed E-state index contributed by atoms with van der Waals surface area (Å²) in [6.07, 6.45) is 5.22. The number of nitrogens with zero attached hydrogens (tertiary/aromatic N) is 2. The molecule has 0 atom stereocenters. The third kappa shape index (κ3) is 2.89. The molecule has 0 radical (unpaired) electrons. The molecule has 1 aromatic heterocycles. The zero-order valence-corrected chi connectivity index (χ0v) is 10.6. The molecule has 1 aromatic carbocycles. The summed E-state index contributed by atoms with van der Waals surface area (Å²) in [7, 11) is 0. The number of amides is 2. The molecule has 0 fully saturated rings. The standard InChI is InChI=1S/C15H13N3O2/c16-15(20)18(14-9-3-4-10-17-14)13-8-2-1-6-12(13)7-5-11-19/h1-11H,(H2,16,20)/b7-5+. The van der Waals surface area contributed by atoms with Crippen molar-refractivity contribution in [2.24, 2.45) is 5.73 Å². The van der Waals surface area contributed by atoms with Gasteiger partial charge in [0.25, 0.3) is 0 Å². The molecule has 1 heterocycles. The van der Waals surface area contributed by atoms with E-state index in [0.717, 1.165) is 0 Å². The van der Waals surface area contributed by atoms with Crippen LogP contribution in [0.4, 0.5) is 16.3 Å². The normalized spacial score (nSPS) is 10.4. The van der Waals surface area contributed by atoms with Crippen LogP contribution in [0.5, 0.6) is 0 Å². The van der Waals surface area contributed by atoms with Gasteiger partial charge >= 0.3 is 6.03 Å². The van der Waals surface area contributed by atoms with Crippen molar-refractivity contribution in [1.29, 1.82) is 0 Å². The molecule has 2 rings (SSSR count). The van der Waals surface area contributed by atoms with E-state index in [1.807, 2.05) is 6.07 Å². The summed E-state index contributed by atoms with van der Waals surface area (Å²) >= 11 is 0. The minimum absolute atomic E-state index is 0.423. The summed E-state index contributed by atoms with van der Waals surface area (Å²) in [6.45, 7) is 0. The van der Waals surface area contributed by atoms with E-state index in [1.165, 1.54) is 11.0 Å². The van der Waals surface area contributed by atoms with Gasteiger partial charge in [-0.3, -0.25) is 4.79 Å². The van der Waals surface area contributed by atoms with Crippen LogP contribution in [0.15, 0.2) is 54.7 Å². The Labute approximate surface area is 116 Å². The molecule has 0 aliphatic heterocycles. The quantitative estimate of drug-likeness (QED) is 0.683. The maximum atomic E-state index is 11.7. The van der Waals surface area contributed by atoms with Crippen molar-refractivity contribution in [3.8, 4) is 0 Å². The van der Waals surface area contributed by atoms with Crippen LogP contribution in [0.3, 0.4) is 0 Å². The number of para-hydroxylation sites is 1. The number of pyridine rings is 1. The predicted octanol–water partition coefficient (Wildman–Crippen LogP) is 2.51. The molecule has 20 heavy (non-hydrogen) atoms. The van der Waals surface area contributed by atoms with E-state index in [2.05, 4.69) is 4.98 Å². The molecule has 2 N–H and O–H groups in total. The molecule has 0 spiro atoms. The Hall–Kier alpha value is -2.95. The molecular formula is C15H13N3O2. The number of carbonyl (C=O) groups excluding carboxylic acids is 2. The number of anilines is 2. The van der Waals surface area contributed by atoms with Crippen molar-refractivity contribution < 1.29 is 9.59 Å². The Morgan fingerprint density at radius 3 is 2.55 bits per heavy atom. The first-order chi connectivity index (χ1) is 9.74. The molecular weight excluding hydrogens is 254 g/mol. The molecule has 0 saturated carbocycles. The molecule has 5 heteroatoms. The van der Waals surface area contributed by atoms with Crippen LogP contribution >= 0.6 is 0 Å². The highest BCUT2D eigenvalue weighted by atomic mass is 16.2. The maximum Gasteiger partial charge on any atom is 0.325 e. The summed E-state index contributed by atoms with van der Waals surface area (Å²) in [5.74, 6) is 0.423. The fraction of sp³-hybridized carbons (Fsp3) is 0. The lowest BCUT2D eigenvalue weighted by atomic mass is 10.1. The molecule has 0 unspecified atom stereocenters. The number of aldehydes is 1. The van der Waals surface area contributed by atoms with E-state index in [1.54, 1.807) is 48.7 Å². The van der Waals surface area contributed by atoms with Crippen LogP contribution in [0.25, 0.3) is 6.08 Å². The molecule has 5 nitrogen and oxygen atoms in total. The van der Waals surface area contributed by atoms with Crippen LogP contribution in [0.2, 0.25) is 0 Å². The molecule has 0 bridgehead atoms. The largest absolute Gasteiger partial charge is 0.351 e. The van der Waals surface area contributed by atoms with Gasteiger partial charge in [0, 0.05) is 6.20 Å². The first-order valence-electron chi connectivity index (χ1n) is 5.95. The second-order valence-corrected chi connectivity index (χ2v) is 3.92. The molecule has 0 aliphatic rings. The van der Waals surface area contributed by atoms with Gasteiger partial charge < -0.3 is 5.73 Å². The van der Waals surface area contributed by atoms with Gasteiger partial charge in [-0.25, -0.2) is 14.7 Å². The van der Waals surface area contributed by atoms with Gasteiger partial charge in [0.15, 0.2) is 0 Å². The molecule has 100 valence electrons. The summed E-state index contributed by atoms with van der Waals surface area (Å²) in [5, 5.41) is 0. The van der Waals surface area contributed by atoms with Crippen LogP contribution in [0, 0.1) is 0 Å². The Balaban J connectivity index is 2.53. The Kier molecular flexibility index (Phi) is 4.24. The fourth-order valence-electron chi connectivity index (χ4n) is 1.82.